The molecule has 3 aromatic heterocycles. The van der Waals surface area contributed by atoms with E-state index in [1.807, 2.05) is 0 Å². The number of aromatic amines is 1. The van der Waals surface area contributed by atoms with Gasteiger partial charge in [0, 0.05) is 6.07 Å². The number of carbonyl (C=O) groups is 1. The lowest BCUT2D eigenvalue weighted by Crippen LogP contribution is -2.19. The van der Waals surface area contributed by atoms with Crippen molar-refractivity contribution in [1.82, 2.24) is 19.6 Å². The molecule has 0 atom stereocenters. The minimum absolute atomic E-state index is 0.0531. The van der Waals surface area contributed by atoms with Crippen LogP contribution >= 0.6 is 0 Å². The summed E-state index contributed by atoms with van der Waals surface area (Å²) in [6.45, 7) is 0. The van der Waals surface area contributed by atoms with Crippen LogP contribution < -0.4 is 10.9 Å². The summed E-state index contributed by atoms with van der Waals surface area (Å²) >= 11 is 0. The second kappa shape index (κ2) is 5.71. The van der Waals surface area contributed by atoms with Crippen molar-refractivity contribution in [1.29, 1.82) is 0 Å². The van der Waals surface area contributed by atoms with Gasteiger partial charge in [0.2, 0.25) is 11.6 Å². The molecule has 4 aromatic rings. The maximum atomic E-state index is 13.8. The van der Waals surface area contributed by atoms with E-state index in [4.69, 9.17) is 4.42 Å². The fourth-order valence-corrected chi connectivity index (χ4v) is 2.32. The predicted molar refractivity (Wildman–Crippen MR) is 85.7 cm³/mol. The quantitative estimate of drug-likeness (QED) is 0.594. The van der Waals surface area contributed by atoms with E-state index in [9.17, 15) is 14.0 Å². The van der Waals surface area contributed by atoms with E-state index < -0.39 is 17.3 Å². The fourth-order valence-electron chi connectivity index (χ4n) is 2.32. The smallest absolute Gasteiger partial charge is 0.259 e. The number of rotatable bonds is 3. The van der Waals surface area contributed by atoms with Crippen LogP contribution in [0.3, 0.4) is 0 Å². The van der Waals surface area contributed by atoms with Crippen molar-refractivity contribution in [2.75, 3.05) is 5.32 Å². The zero-order chi connectivity index (χ0) is 17.4. The van der Waals surface area contributed by atoms with Crippen molar-refractivity contribution < 1.29 is 13.6 Å². The molecule has 0 aliphatic carbocycles. The number of hydrogen-bond donors (Lipinski definition) is 2. The van der Waals surface area contributed by atoms with Crippen LogP contribution in [0.5, 0.6) is 0 Å². The Morgan fingerprint density at radius 1 is 1.24 bits per heavy atom. The second-order valence-corrected chi connectivity index (χ2v) is 5.10. The molecule has 4 rings (SSSR count). The van der Waals surface area contributed by atoms with Gasteiger partial charge in [-0.2, -0.15) is 9.50 Å². The number of nitrogens with zero attached hydrogens (tertiary/aromatic N) is 3. The maximum absolute atomic E-state index is 13.8. The van der Waals surface area contributed by atoms with Crippen LogP contribution in [-0.4, -0.2) is 25.5 Å². The van der Waals surface area contributed by atoms with Gasteiger partial charge in [-0.3, -0.25) is 14.6 Å². The molecule has 0 saturated heterocycles. The lowest BCUT2D eigenvalue weighted by atomic mass is 10.2. The Bertz CT molecular complexity index is 1130. The van der Waals surface area contributed by atoms with E-state index in [0.29, 0.717) is 5.76 Å². The molecule has 0 fully saturated rings. The summed E-state index contributed by atoms with van der Waals surface area (Å²) in [5.74, 6) is -0.583. The number of fused-ring (bicyclic) bond motifs is 1. The molecular formula is C16H10FN5O3. The SMILES string of the molecule is O=C(Nc1cc(=O)[nH]c2nc(-c3ccco3)nn12)c1ccccc1F. The highest BCUT2D eigenvalue weighted by atomic mass is 19.1. The molecule has 8 nitrogen and oxygen atoms in total. The molecule has 0 unspecified atom stereocenters. The summed E-state index contributed by atoms with van der Waals surface area (Å²) < 4.78 is 20.2. The molecule has 2 N–H and O–H groups in total. The van der Waals surface area contributed by atoms with E-state index >= 15 is 0 Å². The van der Waals surface area contributed by atoms with Gasteiger partial charge in [0.1, 0.15) is 11.6 Å². The van der Waals surface area contributed by atoms with Crippen molar-refractivity contribution >= 4 is 17.5 Å². The van der Waals surface area contributed by atoms with Gasteiger partial charge >= 0.3 is 0 Å². The topological polar surface area (TPSA) is 105 Å². The summed E-state index contributed by atoms with van der Waals surface area (Å²) in [7, 11) is 0. The minimum atomic E-state index is -0.708. The fraction of sp³-hybridized carbons (Fsp3) is 0. The Hall–Kier alpha value is -3.75. The first kappa shape index (κ1) is 14.8. The second-order valence-electron chi connectivity index (χ2n) is 5.10. The van der Waals surface area contributed by atoms with Gasteiger partial charge in [-0.1, -0.05) is 12.1 Å². The molecule has 0 bridgehead atoms. The lowest BCUT2D eigenvalue weighted by Gasteiger charge is -2.06. The van der Waals surface area contributed by atoms with Gasteiger partial charge in [-0.15, -0.1) is 5.10 Å². The maximum Gasteiger partial charge on any atom is 0.259 e. The van der Waals surface area contributed by atoms with E-state index in [1.54, 1.807) is 12.1 Å². The van der Waals surface area contributed by atoms with Crippen molar-refractivity contribution in [3.63, 3.8) is 0 Å². The number of hydrogen-bond acceptors (Lipinski definition) is 5. The van der Waals surface area contributed by atoms with E-state index in [2.05, 4.69) is 20.4 Å². The Balaban J connectivity index is 1.78. The van der Waals surface area contributed by atoms with Crippen LogP contribution in [0.1, 0.15) is 10.4 Å². The standard InChI is InChI=1S/C16H10FN5O3/c17-10-5-2-1-4-9(10)15(24)18-12-8-13(23)19-16-20-14(21-22(12)16)11-6-3-7-25-11/h1-8H,(H,18,24)(H,19,20,21,23). The molecule has 25 heavy (non-hydrogen) atoms. The first-order valence-electron chi connectivity index (χ1n) is 7.22. The van der Waals surface area contributed by atoms with Gasteiger partial charge in [0.25, 0.3) is 11.5 Å². The largest absolute Gasteiger partial charge is 0.461 e. The van der Waals surface area contributed by atoms with Crippen molar-refractivity contribution in [3.8, 4) is 11.6 Å². The van der Waals surface area contributed by atoms with Crippen LogP contribution in [0.25, 0.3) is 17.4 Å². The highest BCUT2D eigenvalue weighted by molar-refractivity contribution is 6.04. The molecule has 0 saturated carbocycles. The number of furan rings is 1. The van der Waals surface area contributed by atoms with Gasteiger partial charge in [-0.05, 0) is 24.3 Å². The summed E-state index contributed by atoms with van der Waals surface area (Å²) in [6.07, 6.45) is 1.46. The third-order valence-corrected chi connectivity index (χ3v) is 3.44. The van der Waals surface area contributed by atoms with Crippen LogP contribution in [-0.2, 0) is 0 Å². The molecule has 0 aliphatic heterocycles. The summed E-state index contributed by atoms with van der Waals surface area (Å²) in [4.78, 5) is 30.7. The molecule has 3 heterocycles. The third-order valence-electron chi connectivity index (χ3n) is 3.44. The Kier molecular flexibility index (Phi) is 3.38. The van der Waals surface area contributed by atoms with Crippen molar-refractivity contribution in [2.24, 2.45) is 0 Å². The molecule has 124 valence electrons. The lowest BCUT2D eigenvalue weighted by molar-refractivity contribution is 0.102. The van der Waals surface area contributed by atoms with Crippen molar-refractivity contribution in [3.05, 3.63) is 70.5 Å². The van der Waals surface area contributed by atoms with E-state index in [-0.39, 0.29) is 23.0 Å². The molecule has 1 amide bonds. The van der Waals surface area contributed by atoms with E-state index in [0.717, 1.165) is 6.07 Å². The number of H-pyrrole nitrogens is 1. The number of amides is 1. The first-order chi connectivity index (χ1) is 12.1. The predicted octanol–water partition coefficient (Wildman–Crippen LogP) is 2.07. The summed E-state index contributed by atoms with van der Waals surface area (Å²) in [5.41, 5.74) is -0.642. The number of nitrogens with one attached hydrogen (secondary N) is 2. The van der Waals surface area contributed by atoms with Crippen LogP contribution in [0.15, 0.2) is 57.9 Å². The number of carbonyl (C=O) groups excluding carboxylic acids is 1. The summed E-state index contributed by atoms with van der Waals surface area (Å²) in [6, 6.07) is 9.99. The average Bonchev–Trinajstić information content (AvgIpc) is 3.24. The first-order valence-corrected chi connectivity index (χ1v) is 7.22. The summed E-state index contributed by atoms with van der Waals surface area (Å²) in [5, 5.41) is 6.67. The van der Waals surface area contributed by atoms with Crippen LogP contribution in [0.2, 0.25) is 0 Å². The average molecular weight is 339 g/mol. The van der Waals surface area contributed by atoms with Gasteiger partial charge < -0.3 is 9.73 Å². The number of halogens is 1. The zero-order valence-corrected chi connectivity index (χ0v) is 12.6. The molecular weight excluding hydrogens is 329 g/mol. The van der Waals surface area contributed by atoms with Crippen LogP contribution in [0, 0.1) is 5.82 Å². The molecule has 0 spiro atoms. The van der Waals surface area contributed by atoms with Gasteiger partial charge in [0.15, 0.2) is 5.76 Å². The number of benzene rings is 1. The molecule has 9 heteroatoms. The van der Waals surface area contributed by atoms with Gasteiger partial charge in [-0.25, -0.2) is 4.39 Å². The molecule has 0 aliphatic rings. The monoisotopic (exact) mass is 339 g/mol. The minimum Gasteiger partial charge on any atom is -0.461 e. The van der Waals surface area contributed by atoms with Crippen LogP contribution in [0.4, 0.5) is 10.2 Å². The molecule has 1 aromatic carbocycles. The highest BCUT2D eigenvalue weighted by Crippen LogP contribution is 2.18. The Labute approximate surface area is 138 Å². The van der Waals surface area contributed by atoms with Crippen molar-refractivity contribution in [2.45, 2.75) is 0 Å². The van der Waals surface area contributed by atoms with Gasteiger partial charge in [0.05, 0.1) is 11.8 Å². The highest BCUT2D eigenvalue weighted by Gasteiger charge is 2.16. The number of aromatic nitrogens is 4. The third kappa shape index (κ3) is 2.67. The Morgan fingerprint density at radius 2 is 2.08 bits per heavy atom. The number of anilines is 1. The Morgan fingerprint density at radius 3 is 2.84 bits per heavy atom. The van der Waals surface area contributed by atoms with E-state index in [1.165, 1.54) is 35.0 Å². The zero-order valence-electron chi connectivity index (χ0n) is 12.6. The molecule has 0 radical (unpaired) electrons. The normalized spacial score (nSPS) is 10.9.